The van der Waals surface area contributed by atoms with Crippen LogP contribution >= 0.6 is 0 Å². The van der Waals surface area contributed by atoms with Crippen LogP contribution in [-0.2, 0) is 19.4 Å². The summed E-state index contributed by atoms with van der Waals surface area (Å²) in [4.78, 5) is 2.34. The quantitative estimate of drug-likeness (QED) is 0.823. The highest BCUT2D eigenvalue weighted by atomic mass is 15.2. The maximum atomic E-state index is 4.45. The lowest BCUT2D eigenvalue weighted by Gasteiger charge is -2.21. The van der Waals surface area contributed by atoms with Gasteiger partial charge in [0.05, 0.1) is 5.69 Å². The Morgan fingerprint density at radius 3 is 2.80 bits per heavy atom. The smallest absolute Gasteiger partial charge is 0.0797 e. The average Bonchev–Trinajstić information content (AvgIpc) is 2.62. The van der Waals surface area contributed by atoms with E-state index in [1.54, 1.807) is 0 Å². The number of hydrogen-bond acceptors (Lipinski definition) is 2. The molecule has 0 aliphatic heterocycles. The first kappa shape index (κ1) is 10.7. The van der Waals surface area contributed by atoms with Gasteiger partial charge < -0.3 is 0 Å². The van der Waals surface area contributed by atoms with Crippen LogP contribution in [0.4, 0.5) is 0 Å². The van der Waals surface area contributed by atoms with Crippen molar-refractivity contribution in [3.05, 3.63) is 17.0 Å². The van der Waals surface area contributed by atoms with Gasteiger partial charge in [-0.2, -0.15) is 5.10 Å². The lowest BCUT2D eigenvalue weighted by Crippen LogP contribution is -2.26. The Morgan fingerprint density at radius 1 is 1.33 bits per heavy atom. The number of rotatable bonds is 3. The van der Waals surface area contributed by atoms with E-state index in [1.165, 1.54) is 42.6 Å². The minimum atomic E-state index is 0.584. The van der Waals surface area contributed by atoms with Gasteiger partial charge in [0.1, 0.15) is 0 Å². The minimum Gasteiger partial charge on any atom is -0.298 e. The molecule has 0 spiro atoms. The van der Waals surface area contributed by atoms with Gasteiger partial charge in [0.2, 0.25) is 0 Å². The van der Waals surface area contributed by atoms with Gasteiger partial charge in [0.15, 0.2) is 0 Å². The molecule has 1 aromatic rings. The normalized spacial score (nSPS) is 16.1. The second-order valence-electron chi connectivity index (χ2n) is 4.84. The van der Waals surface area contributed by atoms with E-state index in [0.717, 1.165) is 6.54 Å². The molecule has 0 amide bonds. The van der Waals surface area contributed by atoms with Crippen LogP contribution in [0.3, 0.4) is 0 Å². The maximum Gasteiger partial charge on any atom is 0.0797 e. The van der Waals surface area contributed by atoms with Crippen LogP contribution in [0.2, 0.25) is 0 Å². The van der Waals surface area contributed by atoms with E-state index in [0.29, 0.717) is 6.04 Å². The van der Waals surface area contributed by atoms with E-state index in [1.807, 2.05) is 0 Å². The van der Waals surface area contributed by atoms with Crippen LogP contribution in [0, 0.1) is 0 Å². The second-order valence-corrected chi connectivity index (χ2v) is 4.84. The highest BCUT2D eigenvalue weighted by molar-refractivity contribution is 5.27. The summed E-state index contributed by atoms with van der Waals surface area (Å²) in [7, 11) is 2.16. The Labute approximate surface area is 91.9 Å². The zero-order chi connectivity index (χ0) is 10.8. The number of hydrogen-bond donors (Lipinski definition) is 1. The fourth-order valence-electron chi connectivity index (χ4n) is 2.10. The monoisotopic (exact) mass is 207 g/mol. The molecule has 0 bridgehead atoms. The zero-order valence-corrected chi connectivity index (χ0v) is 10.0. The number of fused-ring (bicyclic) bond motifs is 1. The fourth-order valence-corrected chi connectivity index (χ4v) is 2.10. The third kappa shape index (κ3) is 2.23. The highest BCUT2D eigenvalue weighted by Crippen LogP contribution is 2.23. The van der Waals surface area contributed by atoms with Crippen molar-refractivity contribution in [2.75, 3.05) is 7.05 Å². The van der Waals surface area contributed by atoms with E-state index in [-0.39, 0.29) is 0 Å². The molecule has 15 heavy (non-hydrogen) atoms. The molecule has 1 N–H and O–H groups in total. The minimum absolute atomic E-state index is 0.584. The highest BCUT2D eigenvalue weighted by Gasteiger charge is 2.18. The largest absolute Gasteiger partial charge is 0.298 e. The molecule has 3 heteroatoms. The van der Waals surface area contributed by atoms with E-state index in [9.17, 15) is 0 Å². The molecule has 1 heterocycles. The van der Waals surface area contributed by atoms with Crippen LogP contribution < -0.4 is 0 Å². The number of aromatic nitrogens is 2. The average molecular weight is 207 g/mol. The van der Waals surface area contributed by atoms with Crippen molar-refractivity contribution in [2.24, 2.45) is 0 Å². The molecule has 0 atom stereocenters. The molecule has 0 saturated heterocycles. The molecule has 0 fully saturated rings. The molecule has 0 aromatic carbocycles. The van der Waals surface area contributed by atoms with Gasteiger partial charge in [0.25, 0.3) is 0 Å². The summed E-state index contributed by atoms with van der Waals surface area (Å²) in [6.45, 7) is 5.42. The first-order valence-corrected chi connectivity index (χ1v) is 5.93. The first-order chi connectivity index (χ1) is 7.18. The summed E-state index contributed by atoms with van der Waals surface area (Å²) >= 11 is 0. The van der Waals surface area contributed by atoms with Crippen molar-refractivity contribution in [2.45, 2.75) is 52.1 Å². The SMILES string of the molecule is CC(C)N(C)Cc1n[nH]c2c1CCCC2. The van der Waals surface area contributed by atoms with Crippen LogP contribution in [0.1, 0.15) is 43.6 Å². The van der Waals surface area contributed by atoms with Crippen LogP contribution in [-0.4, -0.2) is 28.2 Å². The molecular formula is C12H21N3. The molecule has 3 nitrogen and oxygen atoms in total. The third-order valence-electron chi connectivity index (χ3n) is 3.42. The standard InChI is InChI=1S/C12H21N3/c1-9(2)15(3)8-12-10-6-4-5-7-11(10)13-14-12/h9H,4-8H2,1-3H3,(H,13,14). The predicted molar refractivity (Wildman–Crippen MR) is 61.8 cm³/mol. The summed E-state index contributed by atoms with van der Waals surface area (Å²) in [5, 5.41) is 7.65. The molecular weight excluding hydrogens is 186 g/mol. The summed E-state index contributed by atoms with van der Waals surface area (Å²) in [5.74, 6) is 0. The lowest BCUT2D eigenvalue weighted by atomic mass is 9.96. The van der Waals surface area contributed by atoms with E-state index < -0.39 is 0 Å². The van der Waals surface area contributed by atoms with Gasteiger partial charge in [0, 0.05) is 18.3 Å². The van der Waals surface area contributed by atoms with E-state index in [4.69, 9.17) is 0 Å². The molecule has 1 aliphatic rings. The van der Waals surface area contributed by atoms with Gasteiger partial charge in [-0.05, 0) is 52.1 Å². The Hall–Kier alpha value is -0.830. The molecule has 84 valence electrons. The molecule has 0 saturated carbocycles. The Morgan fingerprint density at radius 2 is 2.07 bits per heavy atom. The van der Waals surface area contributed by atoms with E-state index in [2.05, 4.69) is 36.0 Å². The molecule has 2 rings (SSSR count). The van der Waals surface area contributed by atoms with Crippen molar-refractivity contribution in [3.8, 4) is 0 Å². The van der Waals surface area contributed by atoms with Crippen molar-refractivity contribution in [3.63, 3.8) is 0 Å². The number of aryl methyl sites for hydroxylation is 1. The zero-order valence-electron chi connectivity index (χ0n) is 10.0. The predicted octanol–water partition coefficient (Wildman–Crippen LogP) is 2.13. The van der Waals surface area contributed by atoms with Gasteiger partial charge in [-0.25, -0.2) is 0 Å². The lowest BCUT2D eigenvalue weighted by molar-refractivity contribution is 0.262. The van der Waals surface area contributed by atoms with Crippen molar-refractivity contribution < 1.29 is 0 Å². The number of H-pyrrole nitrogens is 1. The summed E-state index contributed by atoms with van der Waals surface area (Å²) in [6.07, 6.45) is 5.04. The van der Waals surface area contributed by atoms with Gasteiger partial charge in [-0.3, -0.25) is 10.00 Å². The summed E-state index contributed by atoms with van der Waals surface area (Å²) < 4.78 is 0. The van der Waals surface area contributed by atoms with Crippen LogP contribution in [0.15, 0.2) is 0 Å². The summed E-state index contributed by atoms with van der Waals surface area (Å²) in [6, 6.07) is 0.584. The first-order valence-electron chi connectivity index (χ1n) is 5.93. The topological polar surface area (TPSA) is 31.9 Å². The molecule has 1 aromatic heterocycles. The summed E-state index contributed by atoms with van der Waals surface area (Å²) in [5.41, 5.74) is 4.14. The molecule has 0 radical (unpaired) electrons. The Kier molecular flexibility index (Phi) is 3.10. The maximum absolute atomic E-state index is 4.45. The Balaban J connectivity index is 2.11. The molecule has 1 aliphatic carbocycles. The van der Waals surface area contributed by atoms with Gasteiger partial charge in [-0.1, -0.05) is 0 Å². The van der Waals surface area contributed by atoms with Gasteiger partial charge >= 0.3 is 0 Å². The van der Waals surface area contributed by atoms with E-state index >= 15 is 0 Å². The number of nitrogens with zero attached hydrogens (tertiary/aromatic N) is 2. The van der Waals surface area contributed by atoms with Crippen molar-refractivity contribution in [1.82, 2.24) is 15.1 Å². The number of aromatic amines is 1. The molecule has 0 unspecified atom stereocenters. The van der Waals surface area contributed by atoms with Gasteiger partial charge in [-0.15, -0.1) is 0 Å². The van der Waals surface area contributed by atoms with Crippen LogP contribution in [0.5, 0.6) is 0 Å². The Bertz CT molecular complexity index is 328. The third-order valence-corrected chi connectivity index (χ3v) is 3.42. The van der Waals surface area contributed by atoms with Crippen LogP contribution in [0.25, 0.3) is 0 Å². The second kappa shape index (κ2) is 4.35. The number of nitrogens with one attached hydrogen (secondary N) is 1. The van der Waals surface area contributed by atoms with Crippen molar-refractivity contribution in [1.29, 1.82) is 0 Å². The fraction of sp³-hybridized carbons (Fsp3) is 0.750. The van der Waals surface area contributed by atoms with Crippen molar-refractivity contribution >= 4 is 0 Å².